The molecule has 2 fully saturated rings. The Kier molecular flexibility index (Phi) is 9.13. The Labute approximate surface area is 194 Å². The fraction of sp³-hybridized carbons (Fsp3) is 0.885. The van der Waals surface area contributed by atoms with Gasteiger partial charge >= 0.3 is 0 Å². The van der Waals surface area contributed by atoms with Crippen molar-refractivity contribution in [3.63, 3.8) is 0 Å². The van der Waals surface area contributed by atoms with E-state index in [1.54, 1.807) is 14.0 Å². The zero-order chi connectivity index (χ0) is 24.4. The highest BCUT2D eigenvalue weighted by atomic mass is 16.5. The zero-order valence-corrected chi connectivity index (χ0v) is 21.4. The highest BCUT2D eigenvalue weighted by Gasteiger charge is 2.48. The molecule has 2 N–H and O–H groups in total. The molecule has 2 aliphatic heterocycles. The number of ether oxygens (including phenoxy) is 3. The summed E-state index contributed by atoms with van der Waals surface area (Å²) >= 11 is 0. The van der Waals surface area contributed by atoms with Crippen molar-refractivity contribution >= 4 is 5.78 Å². The minimum atomic E-state index is -1.23. The van der Waals surface area contributed by atoms with Crippen LogP contribution in [0.1, 0.15) is 80.6 Å². The van der Waals surface area contributed by atoms with Gasteiger partial charge in [-0.15, -0.1) is 0 Å². The van der Waals surface area contributed by atoms with Crippen molar-refractivity contribution in [1.29, 1.82) is 0 Å². The van der Waals surface area contributed by atoms with Crippen LogP contribution in [0.25, 0.3) is 0 Å². The lowest BCUT2D eigenvalue weighted by Crippen LogP contribution is -2.54. The quantitative estimate of drug-likeness (QED) is 0.511. The molecular weight excluding hydrogens is 408 g/mol. The molecule has 9 atom stereocenters. The van der Waals surface area contributed by atoms with Gasteiger partial charge in [-0.2, -0.15) is 0 Å². The summed E-state index contributed by atoms with van der Waals surface area (Å²) in [4.78, 5) is 13.1. The number of rotatable bonds is 9. The first kappa shape index (κ1) is 27.5. The summed E-state index contributed by atoms with van der Waals surface area (Å²) < 4.78 is 18.1. The molecule has 0 aromatic rings. The SMILES string of the molecule is C=C1C[C@](C)([C@H](O)C(=O)C[C@@H](C)[C@@H]2C[C@@H](O)C(C)(C)[C@@H](C[C@@H](CC)OC)O2)O[C@H](C)[C@@H]1C. The molecule has 2 heterocycles. The molecule has 0 amide bonds. The number of hydrogen-bond acceptors (Lipinski definition) is 6. The van der Waals surface area contributed by atoms with E-state index in [0.717, 1.165) is 12.0 Å². The summed E-state index contributed by atoms with van der Waals surface area (Å²) in [5.74, 6) is -0.196. The standard InChI is InChI=1S/C26H46O6/c1-10-19(30-9)12-23-25(6,7)22(28)13-21(31-23)15(2)11-20(27)24(29)26(8)14-16(3)17(4)18(5)32-26/h15,17-19,21-24,28-29H,3,10-14H2,1-2,4-9H3/t15-,17-,18-,19-,21+,22-,23-,24-,26-/m1/s1. The summed E-state index contributed by atoms with van der Waals surface area (Å²) in [7, 11) is 1.70. The first-order valence-electron chi connectivity index (χ1n) is 12.2. The Balaban J connectivity index is 2.06. The number of hydrogen-bond donors (Lipinski definition) is 2. The van der Waals surface area contributed by atoms with Crippen molar-refractivity contribution in [2.75, 3.05) is 7.11 Å². The van der Waals surface area contributed by atoms with E-state index >= 15 is 0 Å². The van der Waals surface area contributed by atoms with Gasteiger partial charge in [-0.25, -0.2) is 0 Å². The summed E-state index contributed by atoms with van der Waals surface area (Å²) in [5, 5.41) is 21.8. The van der Waals surface area contributed by atoms with Crippen molar-refractivity contribution in [3.8, 4) is 0 Å². The second-order valence-corrected chi connectivity index (χ2v) is 11.0. The van der Waals surface area contributed by atoms with Crippen molar-refractivity contribution in [3.05, 3.63) is 12.2 Å². The van der Waals surface area contributed by atoms with Crippen LogP contribution in [-0.2, 0) is 19.0 Å². The van der Waals surface area contributed by atoms with E-state index in [2.05, 4.69) is 20.4 Å². The average Bonchev–Trinajstić information content (AvgIpc) is 2.72. The molecule has 0 aromatic heterocycles. The lowest BCUT2D eigenvalue weighted by Gasteiger charge is -2.48. The van der Waals surface area contributed by atoms with Gasteiger partial charge in [-0.3, -0.25) is 4.79 Å². The molecular formula is C26H46O6. The highest BCUT2D eigenvalue weighted by molar-refractivity contribution is 5.84. The monoisotopic (exact) mass is 454 g/mol. The van der Waals surface area contributed by atoms with Crippen LogP contribution in [0.15, 0.2) is 12.2 Å². The Morgan fingerprint density at radius 2 is 1.94 bits per heavy atom. The Morgan fingerprint density at radius 3 is 2.47 bits per heavy atom. The van der Waals surface area contributed by atoms with Crippen molar-refractivity contribution < 1.29 is 29.2 Å². The molecule has 2 rings (SSSR count). The largest absolute Gasteiger partial charge is 0.392 e. The lowest BCUT2D eigenvalue weighted by atomic mass is 9.72. The van der Waals surface area contributed by atoms with Crippen LogP contribution in [0.5, 0.6) is 0 Å². The first-order chi connectivity index (χ1) is 14.8. The van der Waals surface area contributed by atoms with E-state index in [1.165, 1.54) is 0 Å². The van der Waals surface area contributed by atoms with Crippen molar-refractivity contribution in [1.82, 2.24) is 0 Å². The molecule has 0 unspecified atom stereocenters. The predicted octanol–water partition coefficient (Wildman–Crippen LogP) is 4.06. The summed E-state index contributed by atoms with van der Waals surface area (Å²) in [5.41, 5.74) is -0.370. The molecule has 32 heavy (non-hydrogen) atoms. The minimum absolute atomic E-state index is 0.0601. The first-order valence-corrected chi connectivity index (χ1v) is 12.2. The number of ketones is 1. The van der Waals surface area contributed by atoms with E-state index in [9.17, 15) is 15.0 Å². The van der Waals surface area contributed by atoms with Gasteiger partial charge in [-0.1, -0.05) is 46.8 Å². The molecule has 0 spiro atoms. The number of carbonyl (C=O) groups excluding carboxylic acids is 1. The van der Waals surface area contributed by atoms with E-state index in [1.807, 2.05) is 27.7 Å². The molecule has 0 radical (unpaired) electrons. The molecule has 6 nitrogen and oxygen atoms in total. The van der Waals surface area contributed by atoms with Crippen LogP contribution in [0.3, 0.4) is 0 Å². The minimum Gasteiger partial charge on any atom is -0.392 e. The van der Waals surface area contributed by atoms with Gasteiger partial charge in [0.15, 0.2) is 5.78 Å². The number of Topliss-reactive ketones (excluding diaryl/α,β-unsaturated/α-hetero) is 1. The molecule has 6 heteroatoms. The van der Waals surface area contributed by atoms with Gasteiger partial charge < -0.3 is 24.4 Å². The van der Waals surface area contributed by atoms with Crippen LogP contribution in [0, 0.1) is 17.3 Å². The fourth-order valence-corrected chi connectivity index (χ4v) is 5.15. The van der Waals surface area contributed by atoms with Gasteiger partial charge in [0.05, 0.1) is 30.5 Å². The van der Waals surface area contributed by atoms with Gasteiger partial charge in [0.1, 0.15) is 11.7 Å². The third kappa shape index (κ3) is 5.82. The second kappa shape index (κ2) is 10.6. The fourth-order valence-electron chi connectivity index (χ4n) is 5.15. The number of aliphatic hydroxyl groups is 2. The molecule has 0 saturated carbocycles. The lowest BCUT2D eigenvalue weighted by molar-refractivity contribution is -0.198. The zero-order valence-electron chi connectivity index (χ0n) is 21.4. The van der Waals surface area contributed by atoms with Crippen LogP contribution in [0.4, 0.5) is 0 Å². The van der Waals surface area contributed by atoms with Crippen LogP contribution in [-0.4, -0.2) is 65.3 Å². The smallest absolute Gasteiger partial charge is 0.164 e. The third-order valence-electron chi connectivity index (χ3n) is 8.17. The molecule has 0 bridgehead atoms. The van der Waals surface area contributed by atoms with Gasteiger partial charge in [0.2, 0.25) is 0 Å². The van der Waals surface area contributed by atoms with E-state index in [-0.39, 0.29) is 48.5 Å². The normalized spacial score (nSPS) is 38.2. The van der Waals surface area contributed by atoms with E-state index in [4.69, 9.17) is 14.2 Å². The highest BCUT2D eigenvalue weighted by Crippen LogP contribution is 2.42. The molecule has 0 aromatic carbocycles. The number of carbonyl (C=O) groups is 1. The third-order valence-corrected chi connectivity index (χ3v) is 8.17. The van der Waals surface area contributed by atoms with Gasteiger partial charge in [-0.05, 0) is 26.2 Å². The number of methoxy groups -OCH3 is 1. The summed E-state index contributed by atoms with van der Waals surface area (Å²) in [6.07, 6.45) is 0.427. The van der Waals surface area contributed by atoms with Gasteiger partial charge in [0, 0.05) is 44.1 Å². The molecule has 2 aliphatic rings. The molecule has 0 aliphatic carbocycles. The van der Waals surface area contributed by atoms with Crippen LogP contribution >= 0.6 is 0 Å². The van der Waals surface area contributed by atoms with E-state index in [0.29, 0.717) is 19.3 Å². The number of aliphatic hydroxyl groups excluding tert-OH is 2. The summed E-state index contributed by atoms with van der Waals surface area (Å²) in [6.45, 7) is 18.0. The predicted molar refractivity (Wildman–Crippen MR) is 125 cm³/mol. The Morgan fingerprint density at radius 1 is 1.31 bits per heavy atom. The topological polar surface area (TPSA) is 85.2 Å². The second-order valence-electron chi connectivity index (χ2n) is 11.0. The molecule has 186 valence electrons. The van der Waals surface area contributed by atoms with Crippen molar-refractivity contribution in [2.45, 2.75) is 123 Å². The Bertz CT molecular complexity index is 657. The maximum atomic E-state index is 13.1. The maximum Gasteiger partial charge on any atom is 0.164 e. The van der Waals surface area contributed by atoms with Crippen LogP contribution in [0.2, 0.25) is 0 Å². The molecule has 2 saturated heterocycles. The summed E-state index contributed by atoms with van der Waals surface area (Å²) in [6, 6.07) is 0. The van der Waals surface area contributed by atoms with Crippen molar-refractivity contribution in [2.24, 2.45) is 17.3 Å². The average molecular weight is 455 g/mol. The maximum absolute atomic E-state index is 13.1. The van der Waals surface area contributed by atoms with Gasteiger partial charge in [0.25, 0.3) is 0 Å². The van der Waals surface area contributed by atoms with E-state index < -0.39 is 23.2 Å². The Hall–Kier alpha value is -0.790. The van der Waals surface area contributed by atoms with Crippen LogP contribution < -0.4 is 0 Å².